The van der Waals surface area contributed by atoms with Crippen molar-refractivity contribution in [3.8, 4) is 23.0 Å². The molecule has 0 aliphatic rings. The Morgan fingerprint density at radius 1 is 1.23 bits per heavy atom. The summed E-state index contributed by atoms with van der Waals surface area (Å²) in [5.41, 5.74) is 3.45. The first-order chi connectivity index (χ1) is 10.7. The molecule has 3 rings (SSSR count). The molecule has 0 bridgehead atoms. The maximum Gasteiger partial charge on any atom is 0.213 e. The lowest BCUT2D eigenvalue weighted by Crippen LogP contribution is -2.02. The average molecular weight is 294 g/mol. The van der Waals surface area contributed by atoms with Crippen molar-refractivity contribution in [3.63, 3.8) is 0 Å². The molecular weight excluding hydrogens is 280 g/mol. The monoisotopic (exact) mass is 294 g/mol. The highest BCUT2D eigenvalue weighted by molar-refractivity contribution is 5.75. The molecule has 0 saturated heterocycles. The first kappa shape index (κ1) is 13.9. The Morgan fingerprint density at radius 2 is 2.09 bits per heavy atom. The summed E-state index contributed by atoms with van der Waals surface area (Å²) in [5.74, 6) is 0.516. The van der Waals surface area contributed by atoms with Gasteiger partial charge in [-0.25, -0.2) is 9.67 Å². The fourth-order valence-corrected chi connectivity index (χ4v) is 2.14. The molecule has 3 aromatic rings. The topological polar surface area (TPSA) is 69.9 Å². The van der Waals surface area contributed by atoms with E-state index in [1.54, 1.807) is 30.1 Å². The van der Waals surface area contributed by atoms with E-state index in [0.29, 0.717) is 17.9 Å². The molecule has 0 radical (unpaired) electrons. The van der Waals surface area contributed by atoms with Crippen LogP contribution >= 0.6 is 0 Å². The Labute approximate surface area is 127 Å². The fourth-order valence-electron chi connectivity index (χ4n) is 2.14. The van der Waals surface area contributed by atoms with E-state index in [1.807, 2.05) is 31.2 Å². The van der Waals surface area contributed by atoms with Crippen LogP contribution in [-0.2, 0) is 0 Å². The van der Waals surface area contributed by atoms with Gasteiger partial charge in [0.2, 0.25) is 5.88 Å². The predicted octanol–water partition coefficient (Wildman–Crippen LogP) is 2.46. The average Bonchev–Trinajstić information content (AvgIpc) is 2.99. The molecule has 0 fully saturated rings. The van der Waals surface area contributed by atoms with Gasteiger partial charge in [0.25, 0.3) is 0 Å². The molecule has 22 heavy (non-hydrogen) atoms. The second-order valence-corrected chi connectivity index (χ2v) is 4.71. The van der Waals surface area contributed by atoms with Gasteiger partial charge in [-0.15, -0.1) is 0 Å². The zero-order chi connectivity index (χ0) is 15.5. The number of aromatic nitrogens is 4. The van der Waals surface area contributed by atoms with Gasteiger partial charge in [-0.3, -0.25) is 9.78 Å². The van der Waals surface area contributed by atoms with Gasteiger partial charge in [-0.05, 0) is 31.2 Å². The van der Waals surface area contributed by atoms with Gasteiger partial charge in [0.1, 0.15) is 5.69 Å². The number of aldehydes is 1. The Hall–Kier alpha value is -3.02. The number of carbonyl (C=O) groups excluding carboxylic acids is 1. The van der Waals surface area contributed by atoms with Crippen LogP contribution in [-0.4, -0.2) is 33.1 Å². The molecule has 0 amide bonds. The van der Waals surface area contributed by atoms with Gasteiger partial charge < -0.3 is 4.74 Å². The third-order valence-electron chi connectivity index (χ3n) is 3.17. The van der Waals surface area contributed by atoms with Crippen molar-refractivity contribution in [1.82, 2.24) is 19.7 Å². The third kappa shape index (κ3) is 2.58. The van der Waals surface area contributed by atoms with E-state index in [4.69, 9.17) is 4.74 Å². The lowest BCUT2D eigenvalue weighted by atomic mass is 10.2. The van der Waals surface area contributed by atoms with Crippen LogP contribution < -0.4 is 4.74 Å². The van der Waals surface area contributed by atoms with Crippen LogP contribution in [0.3, 0.4) is 0 Å². The number of carbonyl (C=O) groups is 1. The smallest absolute Gasteiger partial charge is 0.213 e. The summed E-state index contributed by atoms with van der Waals surface area (Å²) in [5, 5.41) is 4.29. The van der Waals surface area contributed by atoms with Crippen molar-refractivity contribution in [3.05, 3.63) is 54.0 Å². The van der Waals surface area contributed by atoms with Crippen molar-refractivity contribution in [2.45, 2.75) is 6.92 Å². The molecule has 3 heterocycles. The molecule has 6 heteroatoms. The highest BCUT2D eigenvalue weighted by Gasteiger charge is 2.13. The number of pyridine rings is 2. The molecule has 0 aliphatic carbocycles. The number of rotatable bonds is 4. The van der Waals surface area contributed by atoms with Gasteiger partial charge in [0.15, 0.2) is 6.29 Å². The van der Waals surface area contributed by atoms with E-state index in [9.17, 15) is 4.79 Å². The fraction of sp³-hybridized carbons (Fsp3) is 0.125. The summed E-state index contributed by atoms with van der Waals surface area (Å²) >= 11 is 0. The first-order valence-electron chi connectivity index (χ1n) is 6.71. The Bertz CT molecular complexity index is 809. The van der Waals surface area contributed by atoms with Gasteiger partial charge in [0.05, 0.1) is 30.4 Å². The SMILES string of the molecule is COc1ccc(-n2nc(C=O)cc2-c2cccc(C)n2)cn1. The summed E-state index contributed by atoms with van der Waals surface area (Å²) in [6.45, 7) is 1.92. The van der Waals surface area contributed by atoms with Crippen LogP contribution in [0.4, 0.5) is 0 Å². The largest absolute Gasteiger partial charge is 0.481 e. The Morgan fingerprint density at radius 3 is 2.73 bits per heavy atom. The molecule has 0 aromatic carbocycles. The van der Waals surface area contributed by atoms with Crippen molar-refractivity contribution in [2.75, 3.05) is 7.11 Å². The van der Waals surface area contributed by atoms with E-state index in [2.05, 4.69) is 15.1 Å². The number of methoxy groups -OCH3 is 1. The van der Waals surface area contributed by atoms with Crippen molar-refractivity contribution in [2.24, 2.45) is 0 Å². The number of hydrogen-bond acceptors (Lipinski definition) is 5. The molecule has 0 aliphatic heterocycles. The van der Waals surface area contributed by atoms with E-state index >= 15 is 0 Å². The molecule has 0 unspecified atom stereocenters. The van der Waals surface area contributed by atoms with Crippen LogP contribution in [0, 0.1) is 6.92 Å². The van der Waals surface area contributed by atoms with Gasteiger partial charge in [0, 0.05) is 11.8 Å². The van der Waals surface area contributed by atoms with E-state index in [0.717, 1.165) is 22.8 Å². The molecule has 0 atom stereocenters. The minimum absolute atomic E-state index is 0.342. The predicted molar refractivity (Wildman–Crippen MR) is 81.3 cm³/mol. The van der Waals surface area contributed by atoms with Crippen LogP contribution in [0.5, 0.6) is 5.88 Å². The highest BCUT2D eigenvalue weighted by Crippen LogP contribution is 2.22. The summed E-state index contributed by atoms with van der Waals surface area (Å²) in [6, 6.07) is 11.0. The quantitative estimate of drug-likeness (QED) is 0.691. The Kier molecular flexibility index (Phi) is 3.65. The Balaban J connectivity index is 2.14. The lowest BCUT2D eigenvalue weighted by Gasteiger charge is -2.07. The summed E-state index contributed by atoms with van der Waals surface area (Å²) < 4.78 is 6.70. The second-order valence-electron chi connectivity index (χ2n) is 4.71. The zero-order valence-electron chi connectivity index (χ0n) is 12.2. The normalized spacial score (nSPS) is 10.5. The number of ether oxygens (including phenoxy) is 1. The molecule has 0 spiro atoms. The minimum atomic E-state index is 0.342. The van der Waals surface area contributed by atoms with Gasteiger partial charge in [-0.1, -0.05) is 6.07 Å². The molecular formula is C16H14N4O2. The minimum Gasteiger partial charge on any atom is -0.481 e. The van der Waals surface area contributed by atoms with Gasteiger partial charge in [-0.2, -0.15) is 5.10 Å². The molecule has 0 N–H and O–H groups in total. The van der Waals surface area contributed by atoms with Gasteiger partial charge >= 0.3 is 0 Å². The van der Waals surface area contributed by atoms with Crippen LogP contribution in [0.2, 0.25) is 0 Å². The lowest BCUT2D eigenvalue weighted by molar-refractivity contribution is 0.111. The zero-order valence-corrected chi connectivity index (χ0v) is 12.2. The summed E-state index contributed by atoms with van der Waals surface area (Å²) in [4.78, 5) is 19.7. The molecule has 110 valence electrons. The highest BCUT2D eigenvalue weighted by atomic mass is 16.5. The first-order valence-corrected chi connectivity index (χ1v) is 6.71. The standard InChI is InChI=1S/C16H14N4O2/c1-11-4-3-5-14(18-11)15-8-12(10-21)19-20(15)13-6-7-16(22-2)17-9-13/h3-10H,1-2H3. The van der Waals surface area contributed by atoms with Crippen molar-refractivity contribution in [1.29, 1.82) is 0 Å². The second kappa shape index (κ2) is 5.77. The van der Waals surface area contributed by atoms with Crippen molar-refractivity contribution < 1.29 is 9.53 Å². The number of aryl methyl sites for hydroxylation is 1. The number of hydrogen-bond donors (Lipinski definition) is 0. The van der Waals surface area contributed by atoms with E-state index in [-0.39, 0.29) is 0 Å². The van der Waals surface area contributed by atoms with Crippen LogP contribution in [0.25, 0.3) is 17.1 Å². The number of nitrogens with zero attached hydrogens (tertiary/aromatic N) is 4. The van der Waals surface area contributed by atoms with Crippen LogP contribution in [0.15, 0.2) is 42.6 Å². The molecule has 0 saturated carbocycles. The van der Waals surface area contributed by atoms with E-state index < -0.39 is 0 Å². The summed E-state index contributed by atoms with van der Waals surface area (Å²) in [7, 11) is 1.56. The van der Waals surface area contributed by atoms with Crippen LogP contribution in [0.1, 0.15) is 16.2 Å². The third-order valence-corrected chi connectivity index (χ3v) is 3.17. The maximum absolute atomic E-state index is 11.1. The summed E-state index contributed by atoms with van der Waals surface area (Å²) in [6.07, 6.45) is 2.35. The molecule has 6 nitrogen and oxygen atoms in total. The molecule has 3 aromatic heterocycles. The van der Waals surface area contributed by atoms with E-state index in [1.165, 1.54) is 0 Å². The van der Waals surface area contributed by atoms with Crippen molar-refractivity contribution >= 4 is 6.29 Å². The maximum atomic E-state index is 11.1.